The van der Waals surface area contributed by atoms with Crippen molar-refractivity contribution in [3.05, 3.63) is 40.4 Å². The van der Waals surface area contributed by atoms with E-state index in [0.29, 0.717) is 13.2 Å². The van der Waals surface area contributed by atoms with Crippen LogP contribution in [0.15, 0.2) is 34.8 Å². The van der Waals surface area contributed by atoms with E-state index >= 15 is 0 Å². The Kier molecular flexibility index (Phi) is 8.58. The number of benzene rings is 1. The summed E-state index contributed by atoms with van der Waals surface area (Å²) in [6.07, 6.45) is 1.01. The third kappa shape index (κ3) is 7.08. The normalized spacial score (nSPS) is 10.6. The molecule has 0 heterocycles. The average molecular weight is 342 g/mol. The second-order valence-electron chi connectivity index (χ2n) is 4.79. The lowest BCUT2D eigenvalue weighted by atomic mass is 10.2. The Balaban J connectivity index is 2.37. The minimum absolute atomic E-state index is 0.628. The van der Waals surface area contributed by atoms with Crippen molar-refractivity contribution in [2.24, 2.45) is 0 Å². The third-order valence-corrected chi connectivity index (χ3v) is 3.06. The highest BCUT2D eigenvalue weighted by atomic mass is 79.9. The summed E-state index contributed by atoms with van der Waals surface area (Å²) in [4.78, 5) is 0. The zero-order chi connectivity index (χ0) is 14.8. The van der Waals surface area contributed by atoms with Gasteiger partial charge in [0.1, 0.15) is 5.75 Å². The fourth-order valence-electron chi connectivity index (χ4n) is 1.65. The lowest BCUT2D eigenvalue weighted by molar-refractivity contribution is 0.157. The van der Waals surface area contributed by atoms with Crippen molar-refractivity contribution < 1.29 is 9.47 Å². The second-order valence-corrected chi connectivity index (χ2v) is 5.70. The Bertz CT molecular complexity index is 421. The first-order chi connectivity index (χ1) is 9.63. The first kappa shape index (κ1) is 17.2. The maximum atomic E-state index is 5.75. The van der Waals surface area contributed by atoms with Crippen LogP contribution in [0, 0.1) is 0 Å². The predicted molar refractivity (Wildman–Crippen MR) is 87.3 cm³/mol. The van der Waals surface area contributed by atoms with E-state index in [2.05, 4.69) is 40.8 Å². The summed E-state index contributed by atoms with van der Waals surface area (Å²) in [5.74, 6) is 0.949. The van der Waals surface area contributed by atoms with Gasteiger partial charge in [-0.15, -0.1) is 0 Å². The van der Waals surface area contributed by atoms with Crippen molar-refractivity contribution in [1.29, 1.82) is 0 Å². The van der Waals surface area contributed by atoms with Gasteiger partial charge < -0.3 is 14.8 Å². The van der Waals surface area contributed by atoms with Gasteiger partial charge in [-0.2, -0.15) is 0 Å². The van der Waals surface area contributed by atoms with Gasteiger partial charge in [0.15, 0.2) is 0 Å². The number of nitrogens with one attached hydrogen (secondary N) is 1. The van der Waals surface area contributed by atoms with Gasteiger partial charge in [-0.25, -0.2) is 0 Å². The zero-order valence-electron chi connectivity index (χ0n) is 12.4. The Labute approximate surface area is 130 Å². The minimum atomic E-state index is 0.628. The van der Waals surface area contributed by atoms with Crippen molar-refractivity contribution in [2.45, 2.75) is 26.8 Å². The molecule has 1 aromatic carbocycles. The molecule has 0 saturated heterocycles. The first-order valence-electron chi connectivity index (χ1n) is 6.97. The van der Waals surface area contributed by atoms with E-state index in [9.17, 15) is 0 Å². The molecule has 0 aliphatic carbocycles. The van der Waals surface area contributed by atoms with Crippen molar-refractivity contribution in [1.82, 2.24) is 5.32 Å². The fourth-order valence-corrected chi connectivity index (χ4v) is 2.06. The van der Waals surface area contributed by atoms with E-state index in [1.165, 1.54) is 0 Å². The smallest absolute Gasteiger partial charge is 0.123 e. The minimum Gasteiger partial charge on any atom is -0.493 e. The highest BCUT2D eigenvalue weighted by Gasteiger charge is 2.04. The molecule has 0 spiro atoms. The molecule has 20 heavy (non-hydrogen) atoms. The van der Waals surface area contributed by atoms with Gasteiger partial charge in [0, 0.05) is 23.1 Å². The van der Waals surface area contributed by atoms with Gasteiger partial charge in [-0.1, -0.05) is 35.0 Å². The largest absolute Gasteiger partial charge is 0.493 e. The van der Waals surface area contributed by atoms with Crippen LogP contribution in [-0.4, -0.2) is 26.4 Å². The van der Waals surface area contributed by atoms with Crippen LogP contribution in [0.3, 0.4) is 0 Å². The van der Waals surface area contributed by atoms with E-state index in [0.717, 1.165) is 47.5 Å². The van der Waals surface area contributed by atoms with E-state index < -0.39 is 0 Å². The maximum absolute atomic E-state index is 5.75. The van der Waals surface area contributed by atoms with Gasteiger partial charge >= 0.3 is 0 Å². The summed E-state index contributed by atoms with van der Waals surface area (Å²) in [6.45, 7) is 11.5. The standard InChI is InChI=1S/C16H24BrNO2/c1-4-8-20-16-6-5-15(17)10-14(16)11-18-7-9-19-12-13(2)3/h5-6,10,18H,2,4,7-9,11-12H2,1,3H3. The molecule has 1 N–H and O–H groups in total. The highest BCUT2D eigenvalue weighted by Crippen LogP contribution is 2.23. The SMILES string of the molecule is C=C(C)COCCNCc1cc(Br)ccc1OCCC. The molecular formula is C16H24BrNO2. The molecule has 1 aromatic rings. The fraction of sp³-hybridized carbons (Fsp3) is 0.500. The molecular weight excluding hydrogens is 318 g/mol. The van der Waals surface area contributed by atoms with E-state index in [1.54, 1.807) is 0 Å². The van der Waals surface area contributed by atoms with Gasteiger partial charge in [-0.05, 0) is 31.5 Å². The van der Waals surface area contributed by atoms with Gasteiger partial charge in [-0.3, -0.25) is 0 Å². The molecule has 0 bridgehead atoms. The van der Waals surface area contributed by atoms with Crippen LogP contribution in [0.2, 0.25) is 0 Å². The summed E-state index contributed by atoms with van der Waals surface area (Å²) >= 11 is 3.50. The number of hydrogen-bond acceptors (Lipinski definition) is 3. The quantitative estimate of drug-likeness (QED) is 0.516. The Morgan fingerprint density at radius 2 is 2.15 bits per heavy atom. The van der Waals surface area contributed by atoms with Crippen LogP contribution in [-0.2, 0) is 11.3 Å². The number of ether oxygens (including phenoxy) is 2. The summed E-state index contributed by atoms with van der Waals surface area (Å²) in [7, 11) is 0. The molecule has 0 atom stereocenters. The molecule has 0 radical (unpaired) electrons. The first-order valence-corrected chi connectivity index (χ1v) is 7.77. The summed E-state index contributed by atoms with van der Waals surface area (Å²) in [5.41, 5.74) is 2.21. The van der Waals surface area contributed by atoms with Crippen LogP contribution in [0.25, 0.3) is 0 Å². The molecule has 112 valence electrons. The second kappa shape index (κ2) is 9.97. The number of halogens is 1. The molecule has 0 amide bonds. The molecule has 0 unspecified atom stereocenters. The Morgan fingerprint density at radius 1 is 1.35 bits per heavy atom. The van der Waals surface area contributed by atoms with E-state index in [-0.39, 0.29) is 0 Å². The average Bonchev–Trinajstić information content (AvgIpc) is 2.41. The number of rotatable bonds is 10. The molecule has 0 aliphatic heterocycles. The Hall–Kier alpha value is -0.840. The molecule has 0 aromatic heterocycles. The summed E-state index contributed by atoms with van der Waals surface area (Å²) < 4.78 is 12.3. The van der Waals surface area contributed by atoms with Gasteiger partial charge in [0.05, 0.1) is 19.8 Å². The van der Waals surface area contributed by atoms with Gasteiger partial charge in [0.25, 0.3) is 0 Å². The topological polar surface area (TPSA) is 30.5 Å². The van der Waals surface area contributed by atoms with Crippen molar-refractivity contribution >= 4 is 15.9 Å². The van der Waals surface area contributed by atoms with Crippen LogP contribution < -0.4 is 10.1 Å². The molecule has 1 rings (SSSR count). The third-order valence-electron chi connectivity index (χ3n) is 2.57. The maximum Gasteiger partial charge on any atom is 0.123 e. The monoisotopic (exact) mass is 341 g/mol. The summed E-state index contributed by atoms with van der Waals surface area (Å²) in [6, 6.07) is 6.10. The van der Waals surface area contributed by atoms with Crippen molar-refractivity contribution in [3.63, 3.8) is 0 Å². The molecule has 0 aliphatic rings. The molecule has 0 saturated carbocycles. The lowest BCUT2D eigenvalue weighted by Gasteiger charge is -2.12. The van der Waals surface area contributed by atoms with Crippen LogP contribution in [0.1, 0.15) is 25.8 Å². The van der Waals surface area contributed by atoms with Gasteiger partial charge in [0.2, 0.25) is 0 Å². The van der Waals surface area contributed by atoms with Crippen molar-refractivity contribution in [2.75, 3.05) is 26.4 Å². The van der Waals surface area contributed by atoms with Crippen LogP contribution >= 0.6 is 15.9 Å². The molecule has 3 nitrogen and oxygen atoms in total. The highest BCUT2D eigenvalue weighted by molar-refractivity contribution is 9.10. The molecule has 0 fully saturated rings. The van der Waals surface area contributed by atoms with Crippen molar-refractivity contribution in [3.8, 4) is 5.75 Å². The van der Waals surface area contributed by atoms with E-state index in [1.807, 2.05) is 19.1 Å². The molecule has 4 heteroatoms. The lowest BCUT2D eigenvalue weighted by Crippen LogP contribution is -2.20. The number of hydrogen-bond donors (Lipinski definition) is 1. The van der Waals surface area contributed by atoms with Crippen LogP contribution in [0.4, 0.5) is 0 Å². The summed E-state index contributed by atoms with van der Waals surface area (Å²) in [5, 5.41) is 3.36. The van der Waals surface area contributed by atoms with E-state index in [4.69, 9.17) is 9.47 Å². The zero-order valence-corrected chi connectivity index (χ0v) is 14.0. The predicted octanol–water partition coefficient (Wildman–Crippen LogP) is 3.92. The van der Waals surface area contributed by atoms with Crippen LogP contribution in [0.5, 0.6) is 5.75 Å². The Morgan fingerprint density at radius 3 is 2.85 bits per heavy atom.